The molecule has 0 spiro atoms. The number of sulfone groups is 2. The first-order chi connectivity index (χ1) is 11.7. The predicted molar refractivity (Wildman–Crippen MR) is 77.2 cm³/mol. The molecule has 2 rings (SSSR count). The fraction of sp³-hybridized carbons (Fsp3) is 0.538. The number of hydrogen-bond acceptors (Lipinski definition) is 4. The van der Waals surface area contributed by atoms with E-state index >= 15 is 0 Å². The number of allylic oxidation sites excluding steroid dienone is 5. The molecule has 0 bridgehead atoms. The minimum Gasteiger partial charge on any atom is -0.243 e. The highest BCUT2D eigenvalue weighted by molar-refractivity contribution is 8.15. The van der Waals surface area contributed by atoms with Crippen molar-refractivity contribution < 1.29 is 47.6 Å². The fourth-order valence-electron chi connectivity index (χ4n) is 2.63. The van der Waals surface area contributed by atoms with Crippen LogP contribution < -0.4 is 0 Å². The van der Waals surface area contributed by atoms with Gasteiger partial charge in [0.1, 0.15) is 5.25 Å². The van der Waals surface area contributed by atoms with Crippen molar-refractivity contribution in [2.45, 2.75) is 41.9 Å². The summed E-state index contributed by atoms with van der Waals surface area (Å²) >= 11 is 0. The molecule has 0 amide bonds. The van der Waals surface area contributed by atoms with Crippen LogP contribution in [-0.4, -0.2) is 52.3 Å². The lowest BCUT2D eigenvalue weighted by Gasteiger charge is -2.21. The van der Waals surface area contributed by atoms with Crippen LogP contribution in [0.15, 0.2) is 34.1 Å². The molecule has 1 saturated carbocycles. The molecule has 1 fully saturated rings. The lowest BCUT2D eigenvalue weighted by Crippen LogP contribution is -2.41. The summed E-state index contributed by atoms with van der Waals surface area (Å²) < 4.78 is 139. The minimum atomic E-state index is -6.59. The number of hydrogen-bond donors (Lipinski definition) is 0. The van der Waals surface area contributed by atoms with Crippen molar-refractivity contribution in [1.82, 2.24) is 0 Å². The second kappa shape index (κ2) is 6.66. The molecule has 13 heteroatoms. The topological polar surface area (TPSA) is 68.3 Å². The van der Waals surface area contributed by atoms with E-state index in [4.69, 9.17) is 0 Å². The van der Waals surface area contributed by atoms with Crippen molar-refractivity contribution in [3.8, 4) is 0 Å². The van der Waals surface area contributed by atoms with E-state index in [1.165, 1.54) is 6.08 Å². The van der Waals surface area contributed by atoms with Gasteiger partial charge in [0.05, 0.1) is 0 Å². The van der Waals surface area contributed by atoms with Crippen LogP contribution in [0, 0.1) is 0 Å². The summed E-state index contributed by atoms with van der Waals surface area (Å²) in [5, 5.41) is -3.26. The highest BCUT2D eigenvalue weighted by Gasteiger charge is 2.63. The van der Waals surface area contributed by atoms with Gasteiger partial charge in [0.15, 0.2) is 38.8 Å². The van der Waals surface area contributed by atoms with E-state index in [0.717, 1.165) is 12.2 Å². The molecule has 4 atom stereocenters. The SMILES string of the molecule is O=S(=O)(C(=C1C=CC=CC1)S(=O)(=O)C(F)(F)F)C1C(F)C(F)C(F)C1F. The molecule has 2 aliphatic rings. The quantitative estimate of drug-likeness (QED) is 0.649. The molecule has 0 saturated heterocycles. The molecule has 0 aromatic carbocycles. The highest BCUT2D eigenvalue weighted by atomic mass is 32.3. The second-order valence-corrected chi connectivity index (χ2v) is 9.72. The Kier molecular flexibility index (Phi) is 5.36. The van der Waals surface area contributed by atoms with E-state index < -0.39 is 71.4 Å². The molecule has 148 valence electrons. The summed E-state index contributed by atoms with van der Waals surface area (Å²) in [4.78, 5) is 0. The Morgan fingerprint density at radius 1 is 0.885 bits per heavy atom. The fourth-order valence-corrected chi connectivity index (χ4v) is 6.93. The van der Waals surface area contributed by atoms with E-state index in [2.05, 4.69) is 0 Å². The summed E-state index contributed by atoms with van der Waals surface area (Å²) in [5.41, 5.74) is -7.03. The first kappa shape index (κ1) is 20.9. The average Bonchev–Trinajstić information content (AvgIpc) is 2.71. The zero-order chi connectivity index (χ0) is 20.1. The van der Waals surface area contributed by atoms with Gasteiger partial charge in [0, 0.05) is 0 Å². The van der Waals surface area contributed by atoms with E-state index in [9.17, 15) is 47.6 Å². The molecule has 26 heavy (non-hydrogen) atoms. The van der Waals surface area contributed by atoms with Crippen molar-refractivity contribution >= 4 is 19.7 Å². The Morgan fingerprint density at radius 3 is 1.77 bits per heavy atom. The van der Waals surface area contributed by atoms with Crippen LogP contribution in [0.25, 0.3) is 0 Å². The van der Waals surface area contributed by atoms with Crippen molar-refractivity contribution in [1.29, 1.82) is 0 Å². The summed E-state index contributed by atoms with van der Waals surface area (Å²) in [6.45, 7) is 0. The molecule has 0 aromatic rings. The van der Waals surface area contributed by atoms with Crippen LogP contribution in [0.5, 0.6) is 0 Å². The van der Waals surface area contributed by atoms with Gasteiger partial charge in [-0.3, -0.25) is 0 Å². The van der Waals surface area contributed by atoms with E-state index in [1.54, 1.807) is 0 Å². The number of rotatable bonds is 3. The number of halogens is 7. The lowest BCUT2D eigenvalue weighted by molar-refractivity contribution is -0.0425. The maximum atomic E-state index is 13.8. The van der Waals surface area contributed by atoms with Gasteiger partial charge >= 0.3 is 5.51 Å². The Labute approximate surface area is 143 Å². The Bertz CT molecular complexity index is 857. The summed E-state index contributed by atoms with van der Waals surface area (Å²) in [6.07, 6.45) is -9.80. The average molecular weight is 428 g/mol. The van der Waals surface area contributed by atoms with Gasteiger partial charge < -0.3 is 0 Å². The predicted octanol–water partition coefficient (Wildman–Crippen LogP) is 2.80. The van der Waals surface area contributed by atoms with Gasteiger partial charge in [-0.1, -0.05) is 24.3 Å². The Hall–Kier alpha value is -1.37. The van der Waals surface area contributed by atoms with Crippen molar-refractivity contribution in [2.75, 3.05) is 0 Å². The molecule has 0 aromatic heterocycles. The number of alkyl halides is 7. The molecule has 2 aliphatic carbocycles. The third-order valence-electron chi connectivity index (χ3n) is 3.85. The van der Waals surface area contributed by atoms with Gasteiger partial charge in [0.2, 0.25) is 0 Å². The van der Waals surface area contributed by atoms with E-state index in [1.807, 2.05) is 0 Å². The summed E-state index contributed by atoms with van der Waals surface area (Å²) in [5.74, 6) is 0. The third kappa shape index (κ3) is 3.19. The maximum absolute atomic E-state index is 13.8. The monoisotopic (exact) mass is 428 g/mol. The minimum absolute atomic E-state index is 0.612. The third-order valence-corrected chi connectivity index (χ3v) is 8.58. The van der Waals surface area contributed by atoms with Crippen LogP contribution in [0.2, 0.25) is 0 Å². The van der Waals surface area contributed by atoms with Crippen LogP contribution in [-0.2, 0) is 19.7 Å². The first-order valence-corrected chi connectivity index (χ1v) is 9.95. The molecular formula is C13H11F7O4S2. The lowest BCUT2D eigenvalue weighted by atomic mass is 10.1. The van der Waals surface area contributed by atoms with Crippen LogP contribution in [0.3, 0.4) is 0 Å². The van der Waals surface area contributed by atoms with Crippen LogP contribution >= 0.6 is 0 Å². The molecule has 4 nitrogen and oxygen atoms in total. The van der Waals surface area contributed by atoms with Gasteiger partial charge in [0.25, 0.3) is 9.84 Å². The van der Waals surface area contributed by atoms with Crippen LogP contribution in [0.1, 0.15) is 6.42 Å². The van der Waals surface area contributed by atoms with Crippen molar-refractivity contribution in [3.05, 3.63) is 34.1 Å². The molecule has 0 heterocycles. The Morgan fingerprint density at radius 2 is 1.38 bits per heavy atom. The van der Waals surface area contributed by atoms with Gasteiger partial charge in [-0.15, -0.1) is 0 Å². The van der Waals surface area contributed by atoms with Crippen molar-refractivity contribution in [3.63, 3.8) is 0 Å². The molecule has 0 radical (unpaired) electrons. The van der Waals surface area contributed by atoms with Crippen LogP contribution in [0.4, 0.5) is 30.7 Å². The van der Waals surface area contributed by atoms with E-state index in [0.29, 0.717) is 6.08 Å². The largest absolute Gasteiger partial charge is 0.502 e. The first-order valence-electron chi connectivity index (χ1n) is 6.92. The van der Waals surface area contributed by atoms with E-state index in [-0.39, 0.29) is 0 Å². The molecule has 4 unspecified atom stereocenters. The second-order valence-electron chi connectivity index (χ2n) is 5.54. The maximum Gasteiger partial charge on any atom is 0.502 e. The molecular weight excluding hydrogens is 417 g/mol. The molecule has 0 aliphatic heterocycles. The smallest absolute Gasteiger partial charge is 0.243 e. The van der Waals surface area contributed by atoms with Gasteiger partial charge in [-0.05, 0) is 12.0 Å². The zero-order valence-corrected chi connectivity index (χ0v) is 14.1. The summed E-state index contributed by atoms with van der Waals surface area (Å²) in [6, 6.07) is 0. The summed E-state index contributed by atoms with van der Waals surface area (Å²) in [7, 11) is -12.5. The molecule has 0 N–H and O–H groups in total. The van der Waals surface area contributed by atoms with Gasteiger partial charge in [-0.25, -0.2) is 34.4 Å². The normalized spacial score (nSPS) is 35.0. The zero-order valence-electron chi connectivity index (χ0n) is 12.5. The standard InChI is InChI=1S/C13H11F7O4S2/c14-7-8(15)10(17)11(9(7)16)25(21,22)12(6-4-2-1-3-5-6)26(23,24)13(18,19)20/h1-4,7-11H,5H2. The Balaban J connectivity index is 2.75. The van der Waals surface area contributed by atoms with Gasteiger partial charge in [-0.2, -0.15) is 13.2 Å². The van der Waals surface area contributed by atoms with Crippen molar-refractivity contribution in [2.24, 2.45) is 0 Å². The highest BCUT2D eigenvalue weighted by Crippen LogP contribution is 2.43.